The van der Waals surface area contributed by atoms with Gasteiger partial charge in [0, 0.05) is 55.5 Å². The summed E-state index contributed by atoms with van der Waals surface area (Å²) in [6.07, 6.45) is 4.36. The van der Waals surface area contributed by atoms with Gasteiger partial charge in [-0.2, -0.15) is 9.83 Å². The summed E-state index contributed by atoms with van der Waals surface area (Å²) in [6.45, 7) is 6.41. The summed E-state index contributed by atoms with van der Waals surface area (Å²) < 4.78 is 2.25. The van der Waals surface area contributed by atoms with Gasteiger partial charge in [-0.05, 0) is 32.0 Å². The topological polar surface area (TPSA) is 34.1 Å². The molecule has 4 nitrogen and oxygen atoms in total. The van der Waals surface area contributed by atoms with E-state index in [0.717, 1.165) is 28.1 Å². The lowest BCUT2D eigenvalue weighted by molar-refractivity contribution is -0.574. The number of nitriles is 1. The number of para-hydroxylation sites is 1. The van der Waals surface area contributed by atoms with Crippen molar-refractivity contribution >= 4 is 16.6 Å². The molecule has 0 spiro atoms. The summed E-state index contributed by atoms with van der Waals surface area (Å²) >= 11 is 0. The molecule has 1 atom stereocenters. The maximum absolute atomic E-state index is 9.66. The van der Waals surface area contributed by atoms with Crippen molar-refractivity contribution in [2.45, 2.75) is 26.9 Å². The molecule has 0 N–H and O–H groups in total. The number of rotatable bonds is 2. The fraction of sp³-hybridized carbons (Fsp3) is 0.217. The van der Waals surface area contributed by atoms with Crippen LogP contribution in [0.1, 0.15) is 23.7 Å². The van der Waals surface area contributed by atoms with Gasteiger partial charge in [0.1, 0.15) is 6.17 Å². The Balaban J connectivity index is 2.01. The summed E-state index contributed by atoms with van der Waals surface area (Å²) in [5.74, 6) is 0. The Hall–Kier alpha value is -3.32. The Morgan fingerprint density at radius 2 is 1.81 bits per heavy atom. The highest BCUT2D eigenvalue weighted by molar-refractivity contribution is 5.76. The van der Waals surface area contributed by atoms with Gasteiger partial charge < -0.3 is 9.80 Å². The molecule has 2 heterocycles. The van der Waals surface area contributed by atoms with Gasteiger partial charge in [-0.3, -0.25) is 0 Å². The van der Waals surface area contributed by atoms with E-state index in [1.54, 1.807) is 0 Å². The molecule has 1 aliphatic heterocycles. The van der Waals surface area contributed by atoms with Gasteiger partial charge >= 0.3 is 0 Å². The van der Waals surface area contributed by atoms with Gasteiger partial charge in [0.05, 0.1) is 17.3 Å². The molecular weight excluding hydrogens is 332 g/mol. The first-order valence-electron chi connectivity index (χ1n) is 9.15. The van der Waals surface area contributed by atoms with Crippen LogP contribution >= 0.6 is 0 Å². The molecule has 0 fully saturated rings. The van der Waals surface area contributed by atoms with E-state index in [-0.39, 0.29) is 6.17 Å². The molecule has 3 aromatic rings. The third kappa shape index (κ3) is 2.72. The van der Waals surface area contributed by atoms with Crippen LogP contribution in [0.3, 0.4) is 0 Å². The number of hydrogen-bond donors (Lipinski definition) is 0. The highest BCUT2D eigenvalue weighted by atomic mass is 15.4. The van der Waals surface area contributed by atoms with Gasteiger partial charge in [0.25, 0.3) is 0 Å². The second-order valence-electron chi connectivity index (χ2n) is 7.12. The number of nitrogens with zero attached hydrogens (tertiary/aromatic N) is 4. The zero-order valence-corrected chi connectivity index (χ0v) is 16.1. The molecule has 27 heavy (non-hydrogen) atoms. The maximum atomic E-state index is 9.66. The first-order chi connectivity index (χ1) is 13.0. The Kier molecular flexibility index (Phi) is 4.08. The number of benzene rings is 2. The SMILES string of the molecule is Cc1c(N2C=CN(C)[C@H]2C)cc(C#N)cc1-[n+]1c(C)ccc2ccccc21. The zero-order chi connectivity index (χ0) is 19.1. The number of hydrogen-bond acceptors (Lipinski definition) is 3. The van der Waals surface area contributed by atoms with Gasteiger partial charge in [0.15, 0.2) is 5.69 Å². The predicted octanol–water partition coefficient (Wildman–Crippen LogP) is 4.17. The fourth-order valence-corrected chi connectivity index (χ4v) is 3.78. The Bertz CT molecular complexity index is 1110. The average molecular weight is 355 g/mol. The second-order valence-corrected chi connectivity index (χ2v) is 7.12. The van der Waals surface area contributed by atoms with E-state index >= 15 is 0 Å². The van der Waals surface area contributed by atoms with Crippen LogP contribution in [-0.4, -0.2) is 18.1 Å². The Morgan fingerprint density at radius 3 is 2.52 bits per heavy atom. The average Bonchev–Trinajstić information content (AvgIpc) is 3.01. The standard InChI is InChI=1S/C23H23N4/c1-16-9-10-20-7-5-6-8-21(20)27(16)23-14-19(15-24)13-22(17(23)2)26-12-11-25(4)18(26)3/h5-14,18H,1-4H3/q+1/t18-/m1/s1. The van der Waals surface area contributed by atoms with E-state index in [1.807, 2.05) is 12.1 Å². The second kappa shape index (κ2) is 6.44. The zero-order valence-electron chi connectivity index (χ0n) is 16.1. The molecule has 134 valence electrons. The van der Waals surface area contributed by atoms with E-state index in [4.69, 9.17) is 0 Å². The Morgan fingerprint density at radius 1 is 1.04 bits per heavy atom. The lowest BCUT2D eigenvalue weighted by Crippen LogP contribution is -2.38. The smallest absolute Gasteiger partial charge is 0.218 e. The summed E-state index contributed by atoms with van der Waals surface area (Å²) in [5.41, 5.74) is 6.22. The molecule has 0 bridgehead atoms. The fourth-order valence-electron chi connectivity index (χ4n) is 3.78. The molecular formula is C23H23N4+. The Labute approximate surface area is 160 Å². The summed E-state index contributed by atoms with van der Waals surface area (Å²) in [6, 6.07) is 19.0. The van der Waals surface area contributed by atoms with Crippen molar-refractivity contribution in [2.24, 2.45) is 0 Å². The van der Waals surface area contributed by atoms with Crippen LogP contribution in [-0.2, 0) is 0 Å². The molecule has 1 aromatic heterocycles. The van der Waals surface area contributed by atoms with E-state index in [1.165, 1.54) is 5.39 Å². The summed E-state index contributed by atoms with van der Waals surface area (Å²) in [5, 5.41) is 10.8. The molecule has 0 radical (unpaired) electrons. The number of aromatic nitrogens is 1. The van der Waals surface area contributed by atoms with Crippen LogP contribution < -0.4 is 9.47 Å². The van der Waals surface area contributed by atoms with Crippen molar-refractivity contribution in [1.29, 1.82) is 5.26 Å². The predicted molar refractivity (Wildman–Crippen MR) is 109 cm³/mol. The normalized spacial score (nSPS) is 16.2. The first kappa shape index (κ1) is 17.1. The van der Waals surface area contributed by atoms with Crippen LogP contribution in [0.15, 0.2) is 60.9 Å². The van der Waals surface area contributed by atoms with Gasteiger partial charge in [0.2, 0.25) is 11.2 Å². The van der Waals surface area contributed by atoms with Crippen LogP contribution in [0.5, 0.6) is 0 Å². The van der Waals surface area contributed by atoms with Crippen molar-refractivity contribution in [2.75, 3.05) is 11.9 Å². The van der Waals surface area contributed by atoms with Crippen molar-refractivity contribution in [3.05, 3.63) is 77.8 Å². The molecule has 2 aromatic carbocycles. The lowest BCUT2D eigenvalue weighted by atomic mass is 10.0. The number of fused-ring (bicyclic) bond motifs is 1. The van der Waals surface area contributed by atoms with Crippen molar-refractivity contribution in [3.8, 4) is 11.8 Å². The van der Waals surface area contributed by atoms with E-state index in [0.29, 0.717) is 5.56 Å². The number of pyridine rings is 1. The van der Waals surface area contributed by atoms with Crippen molar-refractivity contribution in [1.82, 2.24) is 4.90 Å². The van der Waals surface area contributed by atoms with Crippen LogP contribution in [0.4, 0.5) is 5.69 Å². The highest BCUT2D eigenvalue weighted by Gasteiger charge is 2.27. The minimum absolute atomic E-state index is 0.212. The summed E-state index contributed by atoms with van der Waals surface area (Å²) in [7, 11) is 2.06. The largest absolute Gasteiger partial charge is 0.359 e. The van der Waals surface area contributed by atoms with Gasteiger partial charge in [-0.25, -0.2) is 0 Å². The number of anilines is 1. The monoisotopic (exact) mass is 355 g/mol. The van der Waals surface area contributed by atoms with E-state index in [2.05, 4.69) is 97.1 Å². The van der Waals surface area contributed by atoms with Gasteiger partial charge in [-0.15, -0.1) is 0 Å². The molecule has 0 unspecified atom stereocenters. The molecule has 1 aliphatic rings. The molecule has 0 aliphatic carbocycles. The maximum Gasteiger partial charge on any atom is 0.218 e. The third-order valence-corrected chi connectivity index (χ3v) is 5.49. The van der Waals surface area contributed by atoms with Crippen LogP contribution in [0.25, 0.3) is 16.6 Å². The molecule has 0 amide bonds. The first-order valence-corrected chi connectivity index (χ1v) is 9.15. The van der Waals surface area contributed by atoms with E-state index in [9.17, 15) is 5.26 Å². The molecule has 0 saturated carbocycles. The minimum Gasteiger partial charge on any atom is -0.359 e. The number of aryl methyl sites for hydroxylation is 1. The van der Waals surface area contributed by atoms with Gasteiger partial charge in [-0.1, -0.05) is 12.1 Å². The molecule has 4 rings (SSSR count). The summed E-state index contributed by atoms with van der Waals surface area (Å²) in [4.78, 5) is 4.38. The lowest BCUT2D eigenvalue weighted by Gasteiger charge is -2.28. The molecule has 4 heteroatoms. The van der Waals surface area contributed by atoms with E-state index < -0.39 is 0 Å². The quantitative estimate of drug-likeness (QED) is 0.647. The van der Waals surface area contributed by atoms with Crippen molar-refractivity contribution < 1.29 is 4.57 Å². The highest BCUT2D eigenvalue weighted by Crippen LogP contribution is 2.31. The molecule has 0 saturated heterocycles. The van der Waals surface area contributed by atoms with Crippen LogP contribution in [0.2, 0.25) is 0 Å². The third-order valence-electron chi connectivity index (χ3n) is 5.49. The minimum atomic E-state index is 0.212. The van der Waals surface area contributed by atoms with Crippen molar-refractivity contribution in [3.63, 3.8) is 0 Å². The van der Waals surface area contributed by atoms with Crippen LogP contribution in [0, 0.1) is 25.2 Å².